The predicted octanol–water partition coefficient (Wildman–Crippen LogP) is 0.0764. The zero-order chi connectivity index (χ0) is 12.3. The van der Waals surface area contributed by atoms with Gasteiger partial charge in [-0.3, -0.25) is 9.59 Å². The van der Waals surface area contributed by atoms with Crippen molar-refractivity contribution < 1.29 is 14.7 Å². The molecule has 17 heavy (non-hydrogen) atoms. The lowest BCUT2D eigenvalue weighted by Crippen LogP contribution is -2.56. The minimum atomic E-state index is -0.456. The van der Waals surface area contributed by atoms with Crippen molar-refractivity contribution in [2.75, 3.05) is 6.61 Å². The van der Waals surface area contributed by atoms with Crippen LogP contribution in [0.2, 0.25) is 0 Å². The molecule has 0 radical (unpaired) electrons. The molecule has 0 spiro atoms. The monoisotopic (exact) mass is 240 g/mol. The van der Waals surface area contributed by atoms with Gasteiger partial charge in [0.2, 0.25) is 11.8 Å². The molecule has 0 aromatic rings. The minimum Gasteiger partial charge on any atom is -0.394 e. The molecular weight excluding hydrogens is 220 g/mol. The quantitative estimate of drug-likeness (QED) is 0.653. The number of carbonyl (C=O) groups is 2. The van der Waals surface area contributed by atoms with E-state index in [4.69, 9.17) is 0 Å². The second-order valence-corrected chi connectivity index (χ2v) is 5.15. The van der Waals surface area contributed by atoms with Crippen molar-refractivity contribution in [2.45, 2.75) is 56.5 Å². The summed E-state index contributed by atoms with van der Waals surface area (Å²) in [5.41, 5.74) is -0.456. The number of carbonyl (C=O) groups excluding carboxylic acids is 2. The van der Waals surface area contributed by atoms with Gasteiger partial charge >= 0.3 is 0 Å². The molecule has 1 unspecified atom stereocenters. The Bertz CT molecular complexity index is 311. The summed E-state index contributed by atoms with van der Waals surface area (Å²) in [5, 5.41) is 15.1. The van der Waals surface area contributed by atoms with Crippen molar-refractivity contribution in [3.8, 4) is 0 Å². The molecule has 2 fully saturated rings. The first-order chi connectivity index (χ1) is 8.15. The first-order valence-corrected chi connectivity index (χ1v) is 6.37. The van der Waals surface area contributed by atoms with Gasteiger partial charge in [-0.05, 0) is 19.3 Å². The molecule has 1 aliphatic heterocycles. The number of nitrogens with one attached hydrogen (secondary N) is 2. The van der Waals surface area contributed by atoms with Crippen LogP contribution >= 0.6 is 0 Å². The van der Waals surface area contributed by atoms with Crippen LogP contribution in [0.4, 0.5) is 0 Å². The van der Waals surface area contributed by atoms with Crippen LogP contribution in [0.1, 0.15) is 44.9 Å². The number of aliphatic hydroxyl groups excluding tert-OH is 1. The molecule has 96 valence electrons. The lowest BCUT2D eigenvalue weighted by molar-refractivity contribution is -0.128. The lowest BCUT2D eigenvalue weighted by atomic mass is 9.82. The highest BCUT2D eigenvalue weighted by atomic mass is 16.3. The first kappa shape index (κ1) is 12.4. The molecule has 2 aliphatic rings. The number of hydrogen-bond acceptors (Lipinski definition) is 3. The molecule has 1 atom stereocenters. The highest BCUT2D eigenvalue weighted by Crippen LogP contribution is 2.28. The van der Waals surface area contributed by atoms with Gasteiger partial charge in [0.05, 0.1) is 12.1 Å². The molecule has 0 aromatic carbocycles. The van der Waals surface area contributed by atoms with Crippen molar-refractivity contribution in [3.05, 3.63) is 0 Å². The van der Waals surface area contributed by atoms with Crippen LogP contribution in [0, 0.1) is 0 Å². The van der Waals surface area contributed by atoms with Crippen LogP contribution in [0.3, 0.4) is 0 Å². The van der Waals surface area contributed by atoms with E-state index in [1.807, 2.05) is 0 Å². The lowest BCUT2D eigenvalue weighted by Gasteiger charge is -2.37. The topological polar surface area (TPSA) is 78.4 Å². The van der Waals surface area contributed by atoms with E-state index < -0.39 is 11.6 Å². The standard InChI is InChI=1S/C12H20N2O3/c15-8-12(6-2-1-3-7-12)14-11(17)9-4-5-10(16)13-9/h9,15H,1-8H2,(H,13,16)(H,14,17). The fourth-order valence-electron chi connectivity index (χ4n) is 2.71. The third-order valence-electron chi connectivity index (χ3n) is 3.81. The van der Waals surface area contributed by atoms with Crippen LogP contribution in [-0.2, 0) is 9.59 Å². The SMILES string of the molecule is O=C1CCC(C(=O)NC2(CO)CCCCC2)N1. The van der Waals surface area contributed by atoms with Crippen LogP contribution in [0.15, 0.2) is 0 Å². The normalized spacial score (nSPS) is 27.6. The van der Waals surface area contributed by atoms with Crippen molar-refractivity contribution in [3.63, 3.8) is 0 Å². The summed E-state index contributed by atoms with van der Waals surface area (Å²) < 4.78 is 0. The number of rotatable bonds is 3. The van der Waals surface area contributed by atoms with Gasteiger partial charge < -0.3 is 15.7 Å². The van der Waals surface area contributed by atoms with E-state index in [1.54, 1.807) is 0 Å². The zero-order valence-electron chi connectivity index (χ0n) is 10.00. The molecule has 0 aromatic heterocycles. The molecule has 1 saturated heterocycles. The van der Waals surface area contributed by atoms with E-state index in [-0.39, 0.29) is 18.4 Å². The van der Waals surface area contributed by atoms with E-state index in [0.717, 1.165) is 32.1 Å². The fraction of sp³-hybridized carbons (Fsp3) is 0.833. The zero-order valence-corrected chi connectivity index (χ0v) is 10.00. The third kappa shape index (κ3) is 2.77. The maximum Gasteiger partial charge on any atom is 0.243 e. The van der Waals surface area contributed by atoms with E-state index in [0.29, 0.717) is 12.8 Å². The third-order valence-corrected chi connectivity index (χ3v) is 3.81. The highest BCUT2D eigenvalue weighted by molar-refractivity contribution is 5.91. The van der Waals surface area contributed by atoms with Gasteiger partial charge in [-0.25, -0.2) is 0 Å². The summed E-state index contributed by atoms with van der Waals surface area (Å²) in [6.07, 6.45) is 5.88. The summed E-state index contributed by atoms with van der Waals surface area (Å²) in [6, 6.07) is -0.409. The van der Waals surface area contributed by atoms with Crippen molar-refractivity contribution >= 4 is 11.8 Å². The van der Waals surface area contributed by atoms with E-state index in [1.165, 1.54) is 0 Å². The minimum absolute atomic E-state index is 0.0145. The molecule has 5 nitrogen and oxygen atoms in total. The molecule has 5 heteroatoms. The Morgan fingerprint density at radius 2 is 2.12 bits per heavy atom. The van der Waals surface area contributed by atoms with Crippen molar-refractivity contribution in [1.29, 1.82) is 0 Å². The van der Waals surface area contributed by atoms with Crippen LogP contribution in [0.5, 0.6) is 0 Å². The maximum absolute atomic E-state index is 12.0. The summed E-state index contributed by atoms with van der Waals surface area (Å²) >= 11 is 0. The van der Waals surface area contributed by atoms with Gasteiger partial charge in [0.25, 0.3) is 0 Å². The molecule has 1 saturated carbocycles. The van der Waals surface area contributed by atoms with Gasteiger partial charge in [0, 0.05) is 6.42 Å². The van der Waals surface area contributed by atoms with Gasteiger partial charge in [-0.15, -0.1) is 0 Å². The van der Waals surface area contributed by atoms with Crippen LogP contribution in [-0.4, -0.2) is 35.1 Å². The number of hydrogen-bond donors (Lipinski definition) is 3. The Balaban J connectivity index is 1.93. The summed E-state index contributed by atoms with van der Waals surface area (Å²) in [7, 11) is 0. The first-order valence-electron chi connectivity index (χ1n) is 6.37. The molecule has 1 aliphatic carbocycles. The Kier molecular flexibility index (Phi) is 3.66. The van der Waals surface area contributed by atoms with Crippen LogP contribution < -0.4 is 10.6 Å². The molecule has 2 rings (SSSR count). The van der Waals surface area contributed by atoms with Crippen molar-refractivity contribution in [1.82, 2.24) is 10.6 Å². The average Bonchev–Trinajstić information content (AvgIpc) is 2.77. The van der Waals surface area contributed by atoms with Crippen LogP contribution in [0.25, 0.3) is 0 Å². The average molecular weight is 240 g/mol. The van der Waals surface area contributed by atoms with Gasteiger partial charge in [0.15, 0.2) is 0 Å². The smallest absolute Gasteiger partial charge is 0.243 e. The second kappa shape index (κ2) is 5.04. The van der Waals surface area contributed by atoms with Gasteiger partial charge in [-0.2, -0.15) is 0 Å². The van der Waals surface area contributed by atoms with E-state index in [2.05, 4.69) is 10.6 Å². The molecule has 2 amide bonds. The van der Waals surface area contributed by atoms with Gasteiger partial charge in [-0.1, -0.05) is 19.3 Å². The Morgan fingerprint density at radius 3 is 2.65 bits per heavy atom. The fourth-order valence-corrected chi connectivity index (χ4v) is 2.71. The molecular formula is C12H20N2O3. The Hall–Kier alpha value is -1.10. The van der Waals surface area contributed by atoms with Crippen molar-refractivity contribution in [2.24, 2.45) is 0 Å². The second-order valence-electron chi connectivity index (χ2n) is 5.15. The summed E-state index contributed by atoms with van der Waals surface area (Å²) in [4.78, 5) is 23.0. The maximum atomic E-state index is 12.0. The molecule has 1 heterocycles. The molecule has 3 N–H and O–H groups in total. The largest absolute Gasteiger partial charge is 0.394 e. The number of amides is 2. The number of aliphatic hydroxyl groups is 1. The van der Waals surface area contributed by atoms with Gasteiger partial charge in [0.1, 0.15) is 6.04 Å². The highest BCUT2D eigenvalue weighted by Gasteiger charge is 2.36. The predicted molar refractivity (Wildman–Crippen MR) is 62.2 cm³/mol. The summed E-state index contributed by atoms with van der Waals surface area (Å²) in [6.45, 7) is -0.0145. The molecule has 0 bridgehead atoms. The summed E-state index contributed by atoms with van der Waals surface area (Å²) in [5.74, 6) is -0.210. The van der Waals surface area contributed by atoms with E-state index in [9.17, 15) is 14.7 Å². The Morgan fingerprint density at radius 1 is 1.41 bits per heavy atom. The van der Waals surface area contributed by atoms with E-state index >= 15 is 0 Å². The Labute approximate surface area is 101 Å².